The quantitative estimate of drug-likeness (QED) is 0.727. The van der Waals surface area contributed by atoms with E-state index in [-0.39, 0.29) is 0 Å². The summed E-state index contributed by atoms with van der Waals surface area (Å²) in [6.07, 6.45) is 9.27. The first-order valence-corrected chi connectivity index (χ1v) is 8.19. The van der Waals surface area contributed by atoms with Crippen molar-refractivity contribution in [3.05, 3.63) is 53.2 Å². The Morgan fingerprint density at radius 3 is 2.48 bits per heavy atom. The molecule has 0 atom stereocenters. The van der Waals surface area contributed by atoms with Crippen molar-refractivity contribution in [3.8, 4) is 11.3 Å². The second-order valence-corrected chi connectivity index (χ2v) is 6.71. The second kappa shape index (κ2) is 6.01. The molecule has 0 unspecified atom stereocenters. The maximum atomic E-state index is 2.33. The van der Waals surface area contributed by atoms with Crippen LogP contribution in [-0.4, -0.2) is 0 Å². The average Bonchev–Trinajstić information content (AvgIpc) is 2.93. The first-order valence-electron chi connectivity index (χ1n) is 8.19. The van der Waals surface area contributed by atoms with Crippen molar-refractivity contribution in [3.63, 3.8) is 0 Å². The van der Waals surface area contributed by atoms with Gasteiger partial charge >= 0.3 is 0 Å². The van der Waals surface area contributed by atoms with Gasteiger partial charge in [-0.3, -0.25) is 0 Å². The molecule has 1 aromatic heterocycles. The summed E-state index contributed by atoms with van der Waals surface area (Å²) < 4.78 is 2.29. The van der Waals surface area contributed by atoms with Gasteiger partial charge in [-0.1, -0.05) is 43.4 Å². The van der Waals surface area contributed by atoms with Crippen LogP contribution in [0.25, 0.3) is 11.3 Å². The number of aromatic nitrogens is 1. The number of rotatable bonds is 3. The zero-order valence-corrected chi connectivity index (χ0v) is 13.5. The molecule has 1 aliphatic rings. The molecular formula is C20H26N+. The zero-order valence-electron chi connectivity index (χ0n) is 13.5. The Balaban J connectivity index is 1.86. The largest absolute Gasteiger partial charge is 0.212 e. The van der Waals surface area contributed by atoms with E-state index in [4.69, 9.17) is 0 Å². The highest BCUT2D eigenvalue weighted by Crippen LogP contribution is 2.28. The summed E-state index contributed by atoms with van der Waals surface area (Å²) in [5.41, 5.74) is 6.82. The Morgan fingerprint density at radius 2 is 1.81 bits per heavy atom. The molecule has 1 aromatic carbocycles. The van der Waals surface area contributed by atoms with E-state index >= 15 is 0 Å². The molecule has 1 heteroatoms. The number of hydrogen-bond acceptors (Lipinski definition) is 0. The smallest absolute Gasteiger partial charge is 0.201 e. The maximum Gasteiger partial charge on any atom is 0.212 e. The normalized spacial score (nSPS) is 15.6. The van der Waals surface area contributed by atoms with Crippen LogP contribution in [0.15, 0.2) is 36.5 Å². The Kier molecular flexibility index (Phi) is 4.10. The fourth-order valence-electron chi connectivity index (χ4n) is 3.71. The van der Waals surface area contributed by atoms with Crippen LogP contribution in [0.1, 0.15) is 42.4 Å². The molecule has 0 saturated heterocycles. The monoisotopic (exact) mass is 280 g/mol. The third-order valence-corrected chi connectivity index (χ3v) is 4.85. The minimum absolute atomic E-state index is 0.914. The van der Waals surface area contributed by atoms with Crippen LogP contribution in [0.3, 0.4) is 0 Å². The molecule has 1 aliphatic carbocycles. The molecule has 1 nitrogen and oxygen atoms in total. The van der Waals surface area contributed by atoms with E-state index in [2.05, 4.69) is 62.0 Å². The zero-order chi connectivity index (χ0) is 14.8. The molecule has 0 spiro atoms. The van der Waals surface area contributed by atoms with Crippen LogP contribution in [0.4, 0.5) is 0 Å². The van der Waals surface area contributed by atoms with E-state index in [0.29, 0.717) is 0 Å². The summed E-state index contributed by atoms with van der Waals surface area (Å²) in [6.45, 7) is 4.36. The van der Waals surface area contributed by atoms with Crippen molar-refractivity contribution in [2.75, 3.05) is 0 Å². The molecule has 1 fully saturated rings. The van der Waals surface area contributed by atoms with Crippen LogP contribution in [-0.2, 0) is 13.5 Å². The van der Waals surface area contributed by atoms with Crippen LogP contribution >= 0.6 is 0 Å². The highest BCUT2D eigenvalue weighted by Gasteiger charge is 2.18. The summed E-state index contributed by atoms with van der Waals surface area (Å²) in [5.74, 6) is 0.914. The molecule has 3 rings (SSSR count). The first kappa shape index (κ1) is 14.3. The summed E-state index contributed by atoms with van der Waals surface area (Å²) in [4.78, 5) is 0. The van der Waals surface area contributed by atoms with Gasteiger partial charge in [-0.15, -0.1) is 0 Å². The van der Waals surface area contributed by atoms with Crippen LogP contribution in [0, 0.1) is 19.8 Å². The Labute approximate surface area is 128 Å². The Morgan fingerprint density at radius 1 is 1.05 bits per heavy atom. The minimum atomic E-state index is 0.914. The van der Waals surface area contributed by atoms with E-state index in [0.717, 1.165) is 5.92 Å². The molecule has 2 aromatic rings. The van der Waals surface area contributed by atoms with E-state index in [9.17, 15) is 0 Å². The van der Waals surface area contributed by atoms with Gasteiger partial charge in [-0.25, -0.2) is 4.57 Å². The van der Waals surface area contributed by atoms with Crippen molar-refractivity contribution < 1.29 is 4.57 Å². The van der Waals surface area contributed by atoms with Gasteiger partial charge in [0.1, 0.15) is 7.05 Å². The third-order valence-electron chi connectivity index (χ3n) is 4.85. The number of pyridine rings is 1. The lowest BCUT2D eigenvalue weighted by Gasteiger charge is -2.10. The van der Waals surface area contributed by atoms with E-state index in [1.807, 2.05) is 0 Å². The number of nitrogens with zero attached hydrogens (tertiary/aromatic N) is 1. The molecule has 110 valence electrons. The summed E-state index contributed by atoms with van der Waals surface area (Å²) in [5, 5.41) is 0. The topological polar surface area (TPSA) is 3.88 Å². The highest BCUT2D eigenvalue weighted by atomic mass is 14.9. The molecule has 0 radical (unpaired) electrons. The molecular weight excluding hydrogens is 254 g/mol. The summed E-state index contributed by atoms with van der Waals surface area (Å²) >= 11 is 0. The average molecular weight is 280 g/mol. The van der Waals surface area contributed by atoms with Gasteiger partial charge in [0, 0.05) is 17.2 Å². The van der Waals surface area contributed by atoms with E-state index in [1.54, 1.807) is 0 Å². The minimum Gasteiger partial charge on any atom is -0.201 e. The van der Waals surface area contributed by atoms with Crippen LogP contribution < -0.4 is 4.57 Å². The summed E-state index contributed by atoms with van der Waals surface area (Å²) in [7, 11) is 2.17. The number of hydrogen-bond donors (Lipinski definition) is 0. The summed E-state index contributed by atoms with van der Waals surface area (Å²) in [6, 6.07) is 11.3. The van der Waals surface area contributed by atoms with Gasteiger partial charge in [-0.2, -0.15) is 0 Å². The van der Waals surface area contributed by atoms with Crippen LogP contribution in [0.5, 0.6) is 0 Å². The van der Waals surface area contributed by atoms with Gasteiger partial charge in [0.15, 0.2) is 6.20 Å². The lowest BCUT2D eigenvalue weighted by atomic mass is 9.97. The van der Waals surface area contributed by atoms with Crippen molar-refractivity contribution in [1.82, 2.24) is 0 Å². The molecule has 0 aliphatic heterocycles. The second-order valence-electron chi connectivity index (χ2n) is 6.71. The predicted octanol–water partition coefficient (Wildman–Crippen LogP) is 4.53. The number of benzene rings is 1. The van der Waals surface area contributed by atoms with Gasteiger partial charge in [0.05, 0.1) is 0 Å². The maximum absolute atomic E-state index is 2.33. The van der Waals surface area contributed by atoms with Gasteiger partial charge < -0.3 is 0 Å². The predicted molar refractivity (Wildman–Crippen MR) is 88.2 cm³/mol. The number of aryl methyl sites for hydroxylation is 3. The highest BCUT2D eigenvalue weighted by molar-refractivity contribution is 5.61. The molecule has 0 bridgehead atoms. The van der Waals surface area contributed by atoms with Crippen molar-refractivity contribution in [2.24, 2.45) is 13.0 Å². The van der Waals surface area contributed by atoms with Gasteiger partial charge in [0.25, 0.3) is 0 Å². The van der Waals surface area contributed by atoms with Crippen molar-refractivity contribution >= 4 is 0 Å². The SMILES string of the molecule is Cc1ccc(-c2ccc(CC3CCCC3)c[n+]2C)c(C)c1. The van der Waals surface area contributed by atoms with Gasteiger partial charge in [-0.05, 0) is 43.9 Å². The Bertz CT molecular complexity index is 636. The molecule has 1 saturated carbocycles. The molecule has 21 heavy (non-hydrogen) atoms. The Hall–Kier alpha value is -1.63. The standard InChI is InChI=1S/C20H26N/c1-15-8-10-19(16(2)12-15)20-11-9-18(14-21(20)3)13-17-6-4-5-7-17/h8-12,14,17H,4-7,13H2,1-3H3/q+1. The molecule has 0 N–H and O–H groups in total. The lowest BCUT2D eigenvalue weighted by Crippen LogP contribution is -2.31. The first-order chi connectivity index (χ1) is 10.1. The third kappa shape index (κ3) is 3.18. The van der Waals surface area contributed by atoms with Crippen molar-refractivity contribution in [1.29, 1.82) is 0 Å². The van der Waals surface area contributed by atoms with E-state index in [1.165, 1.54) is 60.1 Å². The lowest BCUT2D eigenvalue weighted by molar-refractivity contribution is -0.660. The molecule has 1 heterocycles. The van der Waals surface area contributed by atoms with Gasteiger partial charge in [0.2, 0.25) is 5.69 Å². The van der Waals surface area contributed by atoms with Crippen LogP contribution in [0.2, 0.25) is 0 Å². The molecule has 0 amide bonds. The fraction of sp³-hybridized carbons (Fsp3) is 0.450. The van der Waals surface area contributed by atoms with Crippen molar-refractivity contribution in [2.45, 2.75) is 46.0 Å². The fourth-order valence-corrected chi connectivity index (χ4v) is 3.71. The van der Waals surface area contributed by atoms with E-state index < -0.39 is 0 Å².